The van der Waals surface area contributed by atoms with Gasteiger partial charge in [-0.05, 0) is 19.9 Å². The maximum atomic E-state index is 5.72. The predicted octanol–water partition coefficient (Wildman–Crippen LogP) is 8.14. The Bertz CT molecular complexity index is 265. The van der Waals surface area contributed by atoms with Crippen LogP contribution in [0.3, 0.4) is 0 Å². The van der Waals surface area contributed by atoms with E-state index in [0.717, 1.165) is 13.1 Å². The molecular weight excluding hydrogens is 340 g/mol. The van der Waals surface area contributed by atoms with Crippen LogP contribution in [0.15, 0.2) is 0 Å². The molecule has 1 atom stereocenters. The Labute approximate surface area is 179 Å². The topological polar surface area (TPSA) is 38.0 Å². The molecular formula is C26H56N2. The molecule has 0 amide bonds. The molecule has 0 aromatic rings. The van der Waals surface area contributed by atoms with Crippen molar-refractivity contribution in [3.05, 3.63) is 0 Å². The van der Waals surface area contributed by atoms with E-state index >= 15 is 0 Å². The third-order valence-electron chi connectivity index (χ3n) is 5.92. The highest BCUT2D eigenvalue weighted by Gasteiger charge is 1.96. The summed E-state index contributed by atoms with van der Waals surface area (Å²) in [6, 6.07) is 0.287. The first kappa shape index (κ1) is 27.9. The van der Waals surface area contributed by atoms with Crippen LogP contribution >= 0.6 is 0 Å². The van der Waals surface area contributed by atoms with Gasteiger partial charge in [0.25, 0.3) is 0 Å². The Hall–Kier alpha value is -0.0800. The molecule has 0 fully saturated rings. The molecule has 0 heterocycles. The van der Waals surface area contributed by atoms with E-state index < -0.39 is 0 Å². The number of rotatable bonds is 24. The van der Waals surface area contributed by atoms with Crippen molar-refractivity contribution in [3.63, 3.8) is 0 Å². The van der Waals surface area contributed by atoms with E-state index in [9.17, 15) is 0 Å². The molecule has 0 saturated carbocycles. The monoisotopic (exact) mass is 396 g/mol. The van der Waals surface area contributed by atoms with Crippen LogP contribution in [0.5, 0.6) is 0 Å². The maximum Gasteiger partial charge on any atom is 0.0136 e. The van der Waals surface area contributed by atoms with Gasteiger partial charge in [0.05, 0.1) is 0 Å². The SMILES string of the molecule is CCCCCCCCCCCCCCCCCCCCCCCNCC(C)N. The zero-order valence-electron chi connectivity index (χ0n) is 19.9. The van der Waals surface area contributed by atoms with Gasteiger partial charge < -0.3 is 11.1 Å². The van der Waals surface area contributed by atoms with Crippen LogP contribution in [-0.4, -0.2) is 19.1 Å². The second-order valence-electron chi connectivity index (χ2n) is 9.25. The Morgan fingerprint density at radius 2 is 0.786 bits per heavy atom. The molecule has 0 bridgehead atoms. The molecule has 0 rings (SSSR count). The van der Waals surface area contributed by atoms with Crippen molar-refractivity contribution in [3.8, 4) is 0 Å². The standard InChI is InChI=1S/C26H56N2/c1-3-4-5-6-7-8-9-10-11-12-13-14-15-16-17-18-19-20-21-22-23-24-28-25-26(2)27/h26,28H,3-25,27H2,1-2H3. The van der Waals surface area contributed by atoms with Crippen LogP contribution in [0.4, 0.5) is 0 Å². The minimum Gasteiger partial charge on any atom is -0.327 e. The number of hydrogen-bond acceptors (Lipinski definition) is 2. The molecule has 3 N–H and O–H groups in total. The molecule has 170 valence electrons. The van der Waals surface area contributed by atoms with E-state index in [1.165, 1.54) is 135 Å². The second kappa shape index (κ2) is 25.0. The fourth-order valence-electron chi connectivity index (χ4n) is 4.01. The minimum atomic E-state index is 0.287. The van der Waals surface area contributed by atoms with E-state index in [-0.39, 0.29) is 6.04 Å². The lowest BCUT2D eigenvalue weighted by atomic mass is 10.0. The van der Waals surface area contributed by atoms with Gasteiger partial charge in [0, 0.05) is 12.6 Å². The van der Waals surface area contributed by atoms with Crippen LogP contribution in [0.2, 0.25) is 0 Å². The quantitative estimate of drug-likeness (QED) is 0.162. The van der Waals surface area contributed by atoms with Crippen LogP contribution in [0.25, 0.3) is 0 Å². The Morgan fingerprint density at radius 1 is 0.500 bits per heavy atom. The highest BCUT2D eigenvalue weighted by molar-refractivity contribution is 4.57. The molecule has 0 aromatic heterocycles. The predicted molar refractivity (Wildman–Crippen MR) is 129 cm³/mol. The summed E-state index contributed by atoms with van der Waals surface area (Å²) in [5.74, 6) is 0. The van der Waals surface area contributed by atoms with E-state index in [1.807, 2.05) is 0 Å². The van der Waals surface area contributed by atoms with E-state index in [2.05, 4.69) is 19.2 Å². The van der Waals surface area contributed by atoms with Gasteiger partial charge in [0.15, 0.2) is 0 Å². The molecule has 2 heteroatoms. The molecule has 28 heavy (non-hydrogen) atoms. The highest BCUT2D eigenvalue weighted by atomic mass is 14.9. The fraction of sp³-hybridized carbons (Fsp3) is 1.00. The smallest absolute Gasteiger partial charge is 0.0136 e. The summed E-state index contributed by atoms with van der Waals surface area (Å²) < 4.78 is 0. The van der Waals surface area contributed by atoms with Crippen molar-refractivity contribution in [2.45, 2.75) is 155 Å². The summed E-state index contributed by atoms with van der Waals surface area (Å²) in [5.41, 5.74) is 5.72. The Balaban J connectivity index is 2.98. The molecule has 0 aliphatic heterocycles. The third kappa shape index (κ3) is 25.9. The number of nitrogens with two attached hydrogens (primary N) is 1. The lowest BCUT2D eigenvalue weighted by Crippen LogP contribution is -2.31. The van der Waals surface area contributed by atoms with Crippen molar-refractivity contribution in [1.29, 1.82) is 0 Å². The third-order valence-corrected chi connectivity index (χ3v) is 5.92. The van der Waals surface area contributed by atoms with Crippen molar-refractivity contribution in [2.75, 3.05) is 13.1 Å². The minimum absolute atomic E-state index is 0.287. The summed E-state index contributed by atoms with van der Waals surface area (Å²) in [4.78, 5) is 0. The lowest BCUT2D eigenvalue weighted by molar-refractivity contribution is 0.516. The van der Waals surface area contributed by atoms with Crippen LogP contribution in [0.1, 0.15) is 149 Å². The normalized spacial score (nSPS) is 12.5. The second-order valence-corrected chi connectivity index (χ2v) is 9.25. The van der Waals surface area contributed by atoms with Gasteiger partial charge in [-0.1, -0.05) is 135 Å². The molecule has 0 aromatic carbocycles. The van der Waals surface area contributed by atoms with Crippen LogP contribution < -0.4 is 11.1 Å². The van der Waals surface area contributed by atoms with Gasteiger partial charge in [-0.25, -0.2) is 0 Å². The summed E-state index contributed by atoms with van der Waals surface area (Å²) in [6.07, 6.45) is 30.4. The molecule has 0 aliphatic carbocycles. The summed E-state index contributed by atoms with van der Waals surface area (Å²) in [6.45, 7) is 6.46. The summed E-state index contributed by atoms with van der Waals surface area (Å²) in [5, 5.41) is 3.42. The first-order valence-corrected chi connectivity index (χ1v) is 13.2. The first-order chi connectivity index (χ1) is 13.8. The van der Waals surface area contributed by atoms with E-state index in [0.29, 0.717) is 0 Å². The molecule has 2 nitrogen and oxygen atoms in total. The van der Waals surface area contributed by atoms with Crippen molar-refractivity contribution >= 4 is 0 Å². The molecule has 0 radical (unpaired) electrons. The first-order valence-electron chi connectivity index (χ1n) is 13.2. The molecule has 0 aliphatic rings. The Morgan fingerprint density at radius 3 is 1.07 bits per heavy atom. The number of nitrogens with one attached hydrogen (secondary N) is 1. The Kier molecular flexibility index (Phi) is 24.9. The number of unbranched alkanes of at least 4 members (excludes halogenated alkanes) is 20. The average Bonchev–Trinajstić information content (AvgIpc) is 2.68. The van der Waals surface area contributed by atoms with Crippen molar-refractivity contribution < 1.29 is 0 Å². The van der Waals surface area contributed by atoms with Gasteiger partial charge in [-0.2, -0.15) is 0 Å². The fourth-order valence-corrected chi connectivity index (χ4v) is 4.01. The highest BCUT2D eigenvalue weighted by Crippen LogP contribution is 2.14. The summed E-state index contributed by atoms with van der Waals surface area (Å²) >= 11 is 0. The zero-order chi connectivity index (χ0) is 20.5. The van der Waals surface area contributed by atoms with E-state index in [4.69, 9.17) is 5.73 Å². The van der Waals surface area contributed by atoms with Gasteiger partial charge in [-0.3, -0.25) is 0 Å². The van der Waals surface area contributed by atoms with Crippen molar-refractivity contribution in [2.24, 2.45) is 5.73 Å². The van der Waals surface area contributed by atoms with Gasteiger partial charge in [0.2, 0.25) is 0 Å². The molecule has 0 saturated heterocycles. The average molecular weight is 397 g/mol. The van der Waals surface area contributed by atoms with Gasteiger partial charge >= 0.3 is 0 Å². The largest absolute Gasteiger partial charge is 0.327 e. The molecule has 0 spiro atoms. The maximum absolute atomic E-state index is 5.72. The summed E-state index contributed by atoms with van der Waals surface area (Å²) in [7, 11) is 0. The van der Waals surface area contributed by atoms with Crippen molar-refractivity contribution in [1.82, 2.24) is 5.32 Å². The van der Waals surface area contributed by atoms with E-state index in [1.54, 1.807) is 0 Å². The number of hydrogen-bond donors (Lipinski definition) is 2. The molecule has 1 unspecified atom stereocenters. The zero-order valence-corrected chi connectivity index (χ0v) is 19.9. The van der Waals surface area contributed by atoms with Crippen LogP contribution in [0, 0.1) is 0 Å². The lowest BCUT2D eigenvalue weighted by Gasteiger charge is -2.07. The van der Waals surface area contributed by atoms with Crippen LogP contribution in [-0.2, 0) is 0 Å². The van der Waals surface area contributed by atoms with Gasteiger partial charge in [-0.15, -0.1) is 0 Å². The van der Waals surface area contributed by atoms with Gasteiger partial charge in [0.1, 0.15) is 0 Å².